The molecule has 0 saturated carbocycles. The molecule has 0 bridgehead atoms. The van der Waals surface area contributed by atoms with Crippen molar-refractivity contribution < 1.29 is 10.3 Å². The molecule has 0 saturated heterocycles. The molecule has 1 aromatic rings. The Labute approximate surface area is 71.6 Å². The average Bonchev–Trinajstić information content (AvgIpc) is 2.09. The summed E-state index contributed by atoms with van der Waals surface area (Å²) in [5.74, 6) is 0.267. The largest absolute Gasteiger partial charge is 0.508 e. The summed E-state index contributed by atoms with van der Waals surface area (Å²) in [6.45, 7) is 1.88. The molecule has 3 nitrogen and oxygen atoms in total. The van der Waals surface area contributed by atoms with Crippen molar-refractivity contribution in [3.8, 4) is 5.75 Å². The van der Waals surface area contributed by atoms with Crippen LogP contribution in [0.1, 0.15) is 12.5 Å². The number of hydrogen-bond donors (Lipinski definition) is 3. The van der Waals surface area contributed by atoms with Crippen LogP contribution in [0.25, 0.3) is 0 Å². The Morgan fingerprint density at radius 2 is 1.92 bits per heavy atom. The molecule has 0 aliphatic rings. The monoisotopic (exact) mass is 167 g/mol. The maximum Gasteiger partial charge on any atom is 0.115 e. The van der Waals surface area contributed by atoms with Crippen molar-refractivity contribution in [2.45, 2.75) is 19.4 Å². The first-order valence-electron chi connectivity index (χ1n) is 3.90. The summed E-state index contributed by atoms with van der Waals surface area (Å²) >= 11 is 0. The molecule has 0 aliphatic carbocycles. The van der Waals surface area contributed by atoms with E-state index in [2.05, 4.69) is 5.48 Å². The minimum Gasteiger partial charge on any atom is -0.508 e. The summed E-state index contributed by atoms with van der Waals surface area (Å²) < 4.78 is 0. The maximum absolute atomic E-state index is 8.98. The van der Waals surface area contributed by atoms with Crippen molar-refractivity contribution in [2.24, 2.45) is 0 Å². The van der Waals surface area contributed by atoms with E-state index >= 15 is 0 Å². The molecule has 1 atom stereocenters. The van der Waals surface area contributed by atoms with Gasteiger partial charge in [-0.15, -0.1) is 0 Å². The van der Waals surface area contributed by atoms with Gasteiger partial charge in [0.15, 0.2) is 0 Å². The third kappa shape index (κ3) is 2.53. The molecule has 0 radical (unpaired) electrons. The third-order valence-electron chi connectivity index (χ3n) is 1.70. The van der Waals surface area contributed by atoms with Crippen LogP contribution in [0.3, 0.4) is 0 Å². The van der Waals surface area contributed by atoms with E-state index in [9.17, 15) is 0 Å². The van der Waals surface area contributed by atoms with Gasteiger partial charge in [0, 0.05) is 6.04 Å². The summed E-state index contributed by atoms with van der Waals surface area (Å²) in [5, 5.41) is 17.5. The second-order valence-electron chi connectivity index (χ2n) is 2.90. The van der Waals surface area contributed by atoms with Crippen molar-refractivity contribution in [3.05, 3.63) is 29.8 Å². The standard InChI is InChI=1S/C9H13NO2/c1-7(10-12)6-8-2-4-9(11)5-3-8/h2-5,7,10-12H,6H2,1H3. The quantitative estimate of drug-likeness (QED) is 0.595. The van der Waals surface area contributed by atoms with Crippen LogP contribution in [0.4, 0.5) is 0 Å². The van der Waals surface area contributed by atoms with E-state index in [4.69, 9.17) is 10.3 Å². The van der Waals surface area contributed by atoms with Crippen LogP contribution in [0.2, 0.25) is 0 Å². The van der Waals surface area contributed by atoms with Crippen LogP contribution in [-0.4, -0.2) is 16.4 Å². The van der Waals surface area contributed by atoms with Gasteiger partial charge in [-0.2, -0.15) is 0 Å². The second-order valence-corrected chi connectivity index (χ2v) is 2.90. The summed E-state index contributed by atoms with van der Waals surface area (Å²) in [5.41, 5.74) is 3.25. The highest BCUT2D eigenvalue weighted by atomic mass is 16.5. The zero-order valence-corrected chi connectivity index (χ0v) is 6.99. The molecule has 0 spiro atoms. The second kappa shape index (κ2) is 4.09. The number of phenolic OH excluding ortho intramolecular Hbond substituents is 1. The molecular weight excluding hydrogens is 154 g/mol. The fourth-order valence-corrected chi connectivity index (χ4v) is 1.03. The van der Waals surface area contributed by atoms with Gasteiger partial charge in [0.1, 0.15) is 5.75 Å². The zero-order valence-electron chi connectivity index (χ0n) is 6.99. The molecule has 0 aromatic heterocycles. The molecule has 66 valence electrons. The molecule has 1 rings (SSSR count). The van der Waals surface area contributed by atoms with Crippen molar-refractivity contribution >= 4 is 0 Å². The van der Waals surface area contributed by atoms with E-state index in [0.717, 1.165) is 12.0 Å². The Hall–Kier alpha value is -1.06. The Kier molecular flexibility index (Phi) is 3.08. The fraction of sp³-hybridized carbons (Fsp3) is 0.333. The number of nitrogens with one attached hydrogen (secondary N) is 1. The molecule has 0 heterocycles. The Morgan fingerprint density at radius 1 is 1.33 bits per heavy atom. The molecule has 12 heavy (non-hydrogen) atoms. The summed E-state index contributed by atoms with van der Waals surface area (Å²) in [4.78, 5) is 0. The highest BCUT2D eigenvalue weighted by Crippen LogP contribution is 2.10. The van der Waals surface area contributed by atoms with E-state index in [-0.39, 0.29) is 11.8 Å². The van der Waals surface area contributed by atoms with Crippen LogP contribution in [0.5, 0.6) is 5.75 Å². The Balaban J connectivity index is 2.58. The maximum atomic E-state index is 8.98. The van der Waals surface area contributed by atoms with Gasteiger partial charge in [-0.25, -0.2) is 5.48 Å². The van der Waals surface area contributed by atoms with Crippen molar-refractivity contribution in [1.29, 1.82) is 0 Å². The topological polar surface area (TPSA) is 52.5 Å². The minimum atomic E-state index is 0.0366. The lowest BCUT2D eigenvalue weighted by molar-refractivity contribution is 0.133. The minimum absolute atomic E-state index is 0.0366. The number of aromatic hydroxyl groups is 1. The van der Waals surface area contributed by atoms with Crippen LogP contribution in [0.15, 0.2) is 24.3 Å². The molecule has 1 aromatic carbocycles. The van der Waals surface area contributed by atoms with Crippen molar-refractivity contribution in [2.75, 3.05) is 0 Å². The van der Waals surface area contributed by atoms with Crippen molar-refractivity contribution in [1.82, 2.24) is 5.48 Å². The lowest BCUT2D eigenvalue weighted by atomic mass is 10.1. The fourth-order valence-electron chi connectivity index (χ4n) is 1.03. The zero-order chi connectivity index (χ0) is 8.97. The van der Waals surface area contributed by atoms with Gasteiger partial charge in [0.05, 0.1) is 0 Å². The van der Waals surface area contributed by atoms with Gasteiger partial charge < -0.3 is 10.3 Å². The van der Waals surface area contributed by atoms with E-state index in [1.807, 2.05) is 19.1 Å². The Morgan fingerprint density at radius 3 is 2.42 bits per heavy atom. The van der Waals surface area contributed by atoms with E-state index in [1.54, 1.807) is 12.1 Å². The molecular formula is C9H13NO2. The van der Waals surface area contributed by atoms with Gasteiger partial charge in [0.2, 0.25) is 0 Å². The summed E-state index contributed by atoms with van der Waals surface area (Å²) in [6.07, 6.45) is 0.747. The van der Waals surface area contributed by atoms with Gasteiger partial charge in [0.25, 0.3) is 0 Å². The highest BCUT2D eigenvalue weighted by Gasteiger charge is 2.00. The predicted octanol–water partition coefficient (Wildman–Crippen LogP) is 1.30. The molecule has 0 fully saturated rings. The van der Waals surface area contributed by atoms with Gasteiger partial charge in [-0.3, -0.25) is 0 Å². The molecule has 3 N–H and O–H groups in total. The number of phenols is 1. The molecule has 3 heteroatoms. The number of benzene rings is 1. The first kappa shape index (κ1) is 9.03. The van der Waals surface area contributed by atoms with Gasteiger partial charge >= 0.3 is 0 Å². The smallest absolute Gasteiger partial charge is 0.115 e. The summed E-state index contributed by atoms with van der Waals surface area (Å²) in [7, 11) is 0. The number of rotatable bonds is 3. The first-order chi connectivity index (χ1) is 5.72. The molecule has 0 amide bonds. The normalized spacial score (nSPS) is 12.8. The van der Waals surface area contributed by atoms with Crippen molar-refractivity contribution in [3.63, 3.8) is 0 Å². The van der Waals surface area contributed by atoms with Crippen LogP contribution in [-0.2, 0) is 6.42 Å². The van der Waals surface area contributed by atoms with E-state index < -0.39 is 0 Å². The number of hydrogen-bond acceptors (Lipinski definition) is 3. The average molecular weight is 167 g/mol. The lowest BCUT2D eigenvalue weighted by Gasteiger charge is -2.08. The summed E-state index contributed by atoms with van der Waals surface area (Å²) in [6, 6.07) is 6.99. The highest BCUT2D eigenvalue weighted by molar-refractivity contribution is 5.26. The number of hydroxylamine groups is 1. The van der Waals surface area contributed by atoms with Crippen LogP contribution >= 0.6 is 0 Å². The Bertz CT molecular complexity index is 233. The molecule has 0 aliphatic heterocycles. The van der Waals surface area contributed by atoms with E-state index in [0.29, 0.717) is 0 Å². The van der Waals surface area contributed by atoms with Gasteiger partial charge in [-0.05, 0) is 31.0 Å². The lowest BCUT2D eigenvalue weighted by Crippen LogP contribution is -2.24. The van der Waals surface area contributed by atoms with E-state index in [1.165, 1.54) is 0 Å². The predicted molar refractivity (Wildman–Crippen MR) is 46.2 cm³/mol. The van der Waals surface area contributed by atoms with Gasteiger partial charge in [-0.1, -0.05) is 12.1 Å². The molecule has 1 unspecified atom stereocenters. The van der Waals surface area contributed by atoms with Crippen LogP contribution in [0, 0.1) is 0 Å². The van der Waals surface area contributed by atoms with Crippen LogP contribution < -0.4 is 5.48 Å². The SMILES string of the molecule is CC(Cc1ccc(O)cc1)NO. The first-order valence-corrected chi connectivity index (χ1v) is 3.90. The third-order valence-corrected chi connectivity index (χ3v) is 1.70.